The molecule has 1 heterocycles. The second-order valence-corrected chi connectivity index (χ2v) is 6.91. The summed E-state index contributed by atoms with van der Waals surface area (Å²) in [6.07, 6.45) is 1.55. The molecule has 0 bridgehead atoms. The Hall–Kier alpha value is -2.51. The molecule has 4 nitrogen and oxygen atoms in total. The number of rotatable bonds is 4. The van der Waals surface area contributed by atoms with Gasteiger partial charge in [0, 0.05) is 0 Å². The highest BCUT2D eigenvalue weighted by molar-refractivity contribution is 8.26. The van der Waals surface area contributed by atoms with Gasteiger partial charge in [-0.3, -0.25) is 9.69 Å². The number of thiocarbonyl (C=S) groups is 1. The molecule has 2 aromatic carbocycles. The Labute approximate surface area is 153 Å². The van der Waals surface area contributed by atoms with E-state index in [0.29, 0.717) is 11.1 Å². The Morgan fingerprint density at radius 3 is 2.40 bits per heavy atom. The minimum atomic E-state index is -1.41. The smallest absolute Gasteiger partial charge is 0.267 e. The van der Waals surface area contributed by atoms with Gasteiger partial charge < -0.3 is 9.90 Å². The van der Waals surface area contributed by atoms with Crippen LogP contribution in [0.25, 0.3) is 6.08 Å². The van der Waals surface area contributed by atoms with Crippen LogP contribution in [0.1, 0.15) is 17.2 Å². The van der Waals surface area contributed by atoms with Crippen molar-refractivity contribution in [3.8, 4) is 0 Å². The first-order valence-corrected chi connectivity index (χ1v) is 8.48. The number of hydrogen-bond donors (Lipinski definition) is 0. The first kappa shape index (κ1) is 17.3. The SMILES string of the molecule is O=C([O-])[C@H](c1ccccc1)N1C(=O)/C(=C/c2ccc(F)cc2)SC1=S. The summed E-state index contributed by atoms with van der Waals surface area (Å²) in [5, 5.41) is 11.6. The van der Waals surface area contributed by atoms with E-state index in [1.54, 1.807) is 36.4 Å². The molecular formula is C18H11FNO3S2-. The Bertz CT molecular complexity index is 866. The molecule has 1 fully saturated rings. The van der Waals surface area contributed by atoms with Crippen molar-refractivity contribution in [2.75, 3.05) is 0 Å². The molecule has 1 aliphatic heterocycles. The zero-order valence-corrected chi connectivity index (χ0v) is 14.4. The summed E-state index contributed by atoms with van der Waals surface area (Å²) in [6.45, 7) is 0. The molecule has 25 heavy (non-hydrogen) atoms. The third-order valence-electron chi connectivity index (χ3n) is 3.59. The number of nitrogens with zero attached hydrogens (tertiary/aromatic N) is 1. The number of hydrogen-bond acceptors (Lipinski definition) is 5. The molecule has 2 aromatic rings. The van der Waals surface area contributed by atoms with Crippen LogP contribution in [0.3, 0.4) is 0 Å². The van der Waals surface area contributed by atoms with Crippen molar-refractivity contribution >= 4 is 46.3 Å². The third-order valence-corrected chi connectivity index (χ3v) is 4.92. The van der Waals surface area contributed by atoms with Crippen LogP contribution in [0.2, 0.25) is 0 Å². The van der Waals surface area contributed by atoms with Crippen molar-refractivity contribution in [1.29, 1.82) is 0 Å². The van der Waals surface area contributed by atoms with E-state index >= 15 is 0 Å². The normalized spacial score (nSPS) is 17.2. The van der Waals surface area contributed by atoms with Crippen molar-refractivity contribution in [3.63, 3.8) is 0 Å². The van der Waals surface area contributed by atoms with Crippen LogP contribution in [0.4, 0.5) is 4.39 Å². The van der Waals surface area contributed by atoms with E-state index in [4.69, 9.17) is 12.2 Å². The van der Waals surface area contributed by atoms with E-state index in [9.17, 15) is 19.1 Å². The van der Waals surface area contributed by atoms with E-state index < -0.39 is 17.9 Å². The Balaban J connectivity index is 1.95. The highest BCUT2D eigenvalue weighted by Crippen LogP contribution is 2.38. The van der Waals surface area contributed by atoms with Gasteiger partial charge >= 0.3 is 0 Å². The molecule has 1 saturated heterocycles. The second-order valence-electron chi connectivity index (χ2n) is 5.24. The lowest BCUT2D eigenvalue weighted by molar-refractivity contribution is -0.310. The largest absolute Gasteiger partial charge is 0.547 e. The number of halogens is 1. The zero-order chi connectivity index (χ0) is 18.0. The summed E-state index contributed by atoms with van der Waals surface area (Å²) in [7, 11) is 0. The zero-order valence-electron chi connectivity index (χ0n) is 12.7. The predicted molar refractivity (Wildman–Crippen MR) is 95.6 cm³/mol. The maximum Gasteiger partial charge on any atom is 0.267 e. The summed E-state index contributed by atoms with van der Waals surface area (Å²) in [4.78, 5) is 25.7. The first-order valence-electron chi connectivity index (χ1n) is 7.26. The Morgan fingerprint density at radius 1 is 1.16 bits per heavy atom. The molecule has 0 aromatic heterocycles. The van der Waals surface area contributed by atoms with Crippen LogP contribution >= 0.6 is 24.0 Å². The van der Waals surface area contributed by atoms with Gasteiger partial charge in [0.2, 0.25) is 0 Å². The third kappa shape index (κ3) is 3.62. The molecule has 0 spiro atoms. The number of thioether (sulfide) groups is 1. The van der Waals surface area contributed by atoms with Crippen LogP contribution < -0.4 is 5.11 Å². The standard InChI is InChI=1S/C18H12FNO3S2/c19-13-8-6-11(7-9-13)10-14-16(21)20(18(24)25-14)15(17(22)23)12-4-2-1-3-5-12/h1-10,15H,(H,22,23)/p-1/b14-10-/t15-/m0/s1. The van der Waals surface area contributed by atoms with Gasteiger partial charge in [0.15, 0.2) is 0 Å². The molecule has 0 radical (unpaired) electrons. The van der Waals surface area contributed by atoms with Gasteiger partial charge in [-0.2, -0.15) is 0 Å². The van der Waals surface area contributed by atoms with Gasteiger partial charge in [-0.25, -0.2) is 4.39 Å². The molecule has 0 aliphatic carbocycles. The molecule has 7 heteroatoms. The summed E-state index contributed by atoms with van der Waals surface area (Å²) in [5.41, 5.74) is 1.02. The fraction of sp³-hybridized carbons (Fsp3) is 0.0556. The van der Waals surface area contributed by atoms with E-state index in [1.165, 1.54) is 24.3 Å². The number of carbonyl (C=O) groups is 2. The molecule has 1 aliphatic rings. The summed E-state index contributed by atoms with van der Waals surface area (Å²) in [5.74, 6) is -2.31. The topological polar surface area (TPSA) is 60.4 Å². The minimum Gasteiger partial charge on any atom is -0.547 e. The van der Waals surface area contributed by atoms with Crippen molar-refractivity contribution in [2.24, 2.45) is 0 Å². The van der Waals surface area contributed by atoms with Gasteiger partial charge in [-0.15, -0.1) is 0 Å². The van der Waals surface area contributed by atoms with Crippen LogP contribution in [0.5, 0.6) is 0 Å². The molecule has 0 unspecified atom stereocenters. The highest BCUT2D eigenvalue weighted by atomic mass is 32.2. The Kier molecular flexibility index (Phi) is 4.96. The molecule has 1 amide bonds. The number of amides is 1. The lowest BCUT2D eigenvalue weighted by atomic mass is 10.1. The minimum absolute atomic E-state index is 0.136. The molecular weight excluding hydrogens is 361 g/mol. The van der Waals surface area contributed by atoms with E-state index in [1.807, 2.05) is 0 Å². The molecule has 0 N–H and O–H groups in total. The lowest BCUT2D eigenvalue weighted by Gasteiger charge is -2.27. The maximum absolute atomic E-state index is 13.0. The monoisotopic (exact) mass is 372 g/mol. The molecule has 126 valence electrons. The second kappa shape index (κ2) is 7.16. The van der Waals surface area contributed by atoms with Crippen LogP contribution in [0, 0.1) is 5.82 Å². The van der Waals surface area contributed by atoms with E-state index in [-0.39, 0.29) is 15.0 Å². The van der Waals surface area contributed by atoms with Crippen molar-refractivity contribution in [1.82, 2.24) is 4.90 Å². The lowest BCUT2D eigenvalue weighted by Crippen LogP contribution is -2.43. The van der Waals surface area contributed by atoms with Crippen LogP contribution in [-0.4, -0.2) is 21.1 Å². The van der Waals surface area contributed by atoms with Gasteiger partial charge in [0.1, 0.15) is 16.2 Å². The average molecular weight is 372 g/mol. The summed E-state index contributed by atoms with van der Waals surface area (Å²) in [6, 6.07) is 12.6. The van der Waals surface area contributed by atoms with Gasteiger partial charge in [-0.05, 0) is 29.3 Å². The van der Waals surface area contributed by atoms with E-state index in [0.717, 1.165) is 16.7 Å². The average Bonchev–Trinajstić information content (AvgIpc) is 2.86. The summed E-state index contributed by atoms with van der Waals surface area (Å²) < 4.78 is 13.1. The first-order chi connectivity index (χ1) is 12.0. The number of carboxylic acid groups (broad SMARTS) is 1. The number of aliphatic carboxylic acids is 1. The quantitative estimate of drug-likeness (QED) is 0.610. The van der Waals surface area contributed by atoms with E-state index in [2.05, 4.69) is 0 Å². The van der Waals surface area contributed by atoms with Gasteiger partial charge in [0.25, 0.3) is 5.91 Å². The fourth-order valence-electron chi connectivity index (χ4n) is 2.44. The van der Waals surface area contributed by atoms with Gasteiger partial charge in [-0.1, -0.05) is 66.4 Å². The van der Waals surface area contributed by atoms with Crippen molar-refractivity contribution < 1.29 is 19.1 Å². The molecule has 1 atom stereocenters. The maximum atomic E-state index is 13.0. The Morgan fingerprint density at radius 2 is 1.80 bits per heavy atom. The fourth-order valence-corrected chi connectivity index (χ4v) is 3.75. The molecule has 0 saturated carbocycles. The molecule has 3 rings (SSSR count). The van der Waals surface area contributed by atoms with Crippen molar-refractivity contribution in [2.45, 2.75) is 6.04 Å². The van der Waals surface area contributed by atoms with Crippen LogP contribution in [0.15, 0.2) is 59.5 Å². The number of carboxylic acids is 1. The van der Waals surface area contributed by atoms with Gasteiger partial charge in [0.05, 0.1) is 10.9 Å². The number of carbonyl (C=O) groups excluding carboxylic acids is 2. The predicted octanol–water partition coefficient (Wildman–Crippen LogP) is 2.52. The highest BCUT2D eigenvalue weighted by Gasteiger charge is 2.38. The number of benzene rings is 2. The van der Waals surface area contributed by atoms with Crippen LogP contribution in [-0.2, 0) is 9.59 Å². The van der Waals surface area contributed by atoms with Crippen molar-refractivity contribution in [3.05, 3.63) is 76.4 Å². The summed E-state index contributed by atoms with van der Waals surface area (Å²) >= 11 is 6.21.